The van der Waals surface area contributed by atoms with Gasteiger partial charge in [-0.1, -0.05) is 0 Å². The summed E-state index contributed by atoms with van der Waals surface area (Å²) in [5.74, 6) is 0.547. The molecule has 1 aliphatic heterocycles. The summed E-state index contributed by atoms with van der Waals surface area (Å²) in [6.45, 7) is 1.29. The molecule has 1 saturated heterocycles. The Morgan fingerprint density at radius 1 is 1.63 bits per heavy atom. The Hall–Kier alpha value is -1.11. The van der Waals surface area contributed by atoms with Crippen molar-refractivity contribution in [2.75, 3.05) is 33.4 Å². The molecule has 5 nitrogen and oxygen atoms in total. The van der Waals surface area contributed by atoms with Crippen LogP contribution in [-0.2, 0) is 4.74 Å². The number of morpholine rings is 1. The van der Waals surface area contributed by atoms with Crippen molar-refractivity contribution in [1.29, 1.82) is 0 Å². The molecule has 1 aromatic rings. The van der Waals surface area contributed by atoms with Crippen molar-refractivity contribution in [3.8, 4) is 5.75 Å². The minimum Gasteiger partial charge on any atom is -0.497 e. The van der Waals surface area contributed by atoms with Crippen LogP contribution in [0.15, 0.2) is 22.7 Å². The lowest BCUT2D eigenvalue weighted by molar-refractivity contribution is -0.0447. The van der Waals surface area contributed by atoms with Crippen LogP contribution in [0, 0.1) is 0 Å². The second-order valence-electron chi connectivity index (χ2n) is 4.27. The zero-order valence-electron chi connectivity index (χ0n) is 10.6. The number of halogens is 1. The van der Waals surface area contributed by atoms with E-state index in [1.54, 1.807) is 30.2 Å². The molecule has 0 saturated carbocycles. The third-order valence-corrected chi connectivity index (χ3v) is 3.73. The van der Waals surface area contributed by atoms with Gasteiger partial charge in [-0.2, -0.15) is 0 Å². The van der Waals surface area contributed by atoms with E-state index in [9.17, 15) is 4.79 Å². The second kappa shape index (κ2) is 6.36. The third-order valence-electron chi connectivity index (χ3n) is 3.03. The molecule has 1 atom stereocenters. The molecule has 0 aromatic heterocycles. The van der Waals surface area contributed by atoms with Gasteiger partial charge in [0, 0.05) is 17.6 Å². The van der Waals surface area contributed by atoms with Gasteiger partial charge in [0.15, 0.2) is 0 Å². The summed E-state index contributed by atoms with van der Waals surface area (Å²) in [6, 6.07) is 5.28. The number of aliphatic hydroxyl groups excluding tert-OH is 1. The number of carbonyl (C=O) groups is 1. The molecule has 2 rings (SSSR count). The Morgan fingerprint density at radius 3 is 3.11 bits per heavy atom. The molecule has 1 N–H and O–H groups in total. The number of amides is 1. The summed E-state index contributed by atoms with van der Waals surface area (Å²) in [4.78, 5) is 14.1. The molecule has 1 heterocycles. The number of methoxy groups -OCH3 is 1. The Labute approximate surface area is 120 Å². The van der Waals surface area contributed by atoms with E-state index in [2.05, 4.69) is 15.9 Å². The van der Waals surface area contributed by atoms with Crippen LogP contribution in [-0.4, -0.2) is 55.4 Å². The summed E-state index contributed by atoms with van der Waals surface area (Å²) in [5.41, 5.74) is 0.554. The van der Waals surface area contributed by atoms with Crippen molar-refractivity contribution < 1.29 is 19.4 Å². The van der Waals surface area contributed by atoms with Crippen LogP contribution >= 0.6 is 15.9 Å². The normalized spacial score (nSPS) is 19.3. The van der Waals surface area contributed by atoms with Crippen LogP contribution in [0.25, 0.3) is 0 Å². The standard InChI is InChI=1S/C13H16BrNO4/c1-18-9-2-3-12(14)11(6-9)13(17)15-4-5-19-10(7-15)8-16/h2-3,6,10,16H,4-5,7-8H2,1H3. The molecule has 1 fully saturated rings. The predicted molar refractivity (Wildman–Crippen MR) is 73.4 cm³/mol. The van der Waals surface area contributed by atoms with Crippen molar-refractivity contribution in [1.82, 2.24) is 4.90 Å². The van der Waals surface area contributed by atoms with E-state index < -0.39 is 0 Å². The first kappa shape index (κ1) is 14.3. The van der Waals surface area contributed by atoms with Crippen LogP contribution in [0.5, 0.6) is 5.75 Å². The van der Waals surface area contributed by atoms with Crippen molar-refractivity contribution in [3.05, 3.63) is 28.2 Å². The molecule has 0 radical (unpaired) electrons. The number of nitrogens with zero attached hydrogens (tertiary/aromatic N) is 1. The van der Waals surface area contributed by atoms with E-state index in [4.69, 9.17) is 14.6 Å². The lowest BCUT2D eigenvalue weighted by Crippen LogP contribution is -2.47. The smallest absolute Gasteiger partial charge is 0.255 e. The highest BCUT2D eigenvalue weighted by Crippen LogP contribution is 2.24. The SMILES string of the molecule is COc1ccc(Br)c(C(=O)N2CCOC(CO)C2)c1. The van der Waals surface area contributed by atoms with Gasteiger partial charge in [-0.05, 0) is 34.1 Å². The van der Waals surface area contributed by atoms with Gasteiger partial charge in [0.1, 0.15) is 5.75 Å². The molecule has 1 aliphatic rings. The number of carbonyl (C=O) groups excluding carboxylic acids is 1. The highest BCUT2D eigenvalue weighted by molar-refractivity contribution is 9.10. The first-order valence-electron chi connectivity index (χ1n) is 6.01. The molecule has 0 aliphatic carbocycles. The monoisotopic (exact) mass is 329 g/mol. The lowest BCUT2D eigenvalue weighted by Gasteiger charge is -2.32. The Balaban J connectivity index is 2.18. The summed E-state index contributed by atoms with van der Waals surface area (Å²) >= 11 is 3.38. The zero-order valence-corrected chi connectivity index (χ0v) is 12.2. The average Bonchev–Trinajstić information content (AvgIpc) is 2.47. The summed E-state index contributed by atoms with van der Waals surface area (Å²) < 4.78 is 11.2. The highest BCUT2D eigenvalue weighted by Gasteiger charge is 2.25. The van der Waals surface area contributed by atoms with Gasteiger partial charge in [-0.15, -0.1) is 0 Å². The minimum absolute atomic E-state index is 0.0803. The maximum absolute atomic E-state index is 12.5. The van der Waals surface area contributed by atoms with Crippen LogP contribution in [0.4, 0.5) is 0 Å². The fraction of sp³-hybridized carbons (Fsp3) is 0.462. The number of benzene rings is 1. The predicted octanol–water partition coefficient (Wildman–Crippen LogP) is 1.29. The summed E-state index contributed by atoms with van der Waals surface area (Å²) in [6.07, 6.45) is -0.304. The summed E-state index contributed by atoms with van der Waals surface area (Å²) in [5, 5.41) is 9.11. The Bertz CT molecular complexity index is 466. The van der Waals surface area contributed by atoms with Crippen molar-refractivity contribution >= 4 is 21.8 Å². The fourth-order valence-corrected chi connectivity index (χ4v) is 2.40. The van der Waals surface area contributed by atoms with Crippen LogP contribution in [0.2, 0.25) is 0 Å². The lowest BCUT2D eigenvalue weighted by atomic mass is 10.1. The largest absolute Gasteiger partial charge is 0.497 e. The van der Waals surface area contributed by atoms with Gasteiger partial charge in [0.25, 0.3) is 5.91 Å². The van der Waals surface area contributed by atoms with Crippen molar-refractivity contribution in [3.63, 3.8) is 0 Å². The van der Waals surface area contributed by atoms with E-state index in [-0.39, 0.29) is 18.6 Å². The Morgan fingerprint density at radius 2 is 2.42 bits per heavy atom. The quantitative estimate of drug-likeness (QED) is 0.907. The average molecular weight is 330 g/mol. The van der Waals surface area contributed by atoms with Gasteiger partial charge in [0.2, 0.25) is 0 Å². The van der Waals surface area contributed by atoms with Crippen LogP contribution in [0.1, 0.15) is 10.4 Å². The first-order chi connectivity index (χ1) is 9.15. The van der Waals surface area contributed by atoms with Gasteiger partial charge in [-0.3, -0.25) is 4.79 Å². The number of hydrogen-bond acceptors (Lipinski definition) is 4. The van der Waals surface area contributed by atoms with E-state index in [1.165, 1.54) is 0 Å². The molecule has 1 unspecified atom stereocenters. The fourth-order valence-electron chi connectivity index (χ4n) is 1.98. The third kappa shape index (κ3) is 3.26. The number of hydrogen-bond donors (Lipinski definition) is 1. The molecule has 1 amide bonds. The Kier molecular flexibility index (Phi) is 4.79. The van der Waals surface area contributed by atoms with Gasteiger partial charge in [-0.25, -0.2) is 0 Å². The van der Waals surface area contributed by atoms with Crippen molar-refractivity contribution in [2.45, 2.75) is 6.10 Å². The number of ether oxygens (including phenoxy) is 2. The molecule has 19 heavy (non-hydrogen) atoms. The zero-order chi connectivity index (χ0) is 13.8. The molecule has 1 aromatic carbocycles. The van der Waals surface area contributed by atoms with Crippen molar-refractivity contribution in [2.24, 2.45) is 0 Å². The molecule has 0 bridgehead atoms. The molecular weight excluding hydrogens is 314 g/mol. The summed E-state index contributed by atoms with van der Waals surface area (Å²) in [7, 11) is 1.56. The maximum atomic E-state index is 12.5. The molecular formula is C13H16BrNO4. The van der Waals surface area contributed by atoms with E-state index in [0.29, 0.717) is 31.0 Å². The molecule has 6 heteroatoms. The van der Waals surface area contributed by atoms with E-state index >= 15 is 0 Å². The minimum atomic E-state index is -0.304. The van der Waals surface area contributed by atoms with E-state index in [0.717, 1.165) is 4.47 Å². The van der Waals surface area contributed by atoms with E-state index in [1.807, 2.05) is 0 Å². The highest BCUT2D eigenvalue weighted by atomic mass is 79.9. The number of aliphatic hydroxyl groups is 1. The second-order valence-corrected chi connectivity index (χ2v) is 5.13. The maximum Gasteiger partial charge on any atom is 0.255 e. The molecule has 104 valence electrons. The topological polar surface area (TPSA) is 59.0 Å². The molecule has 0 spiro atoms. The number of rotatable bonds is 3. The van der Waals surface area contributed by atoms with Gasteiger partial charge < -0.3 is 19.5 Å². The van der Waals surface area contributed by atoms with Gasteiger partial charge in [0.05, 0.1) is 32.0 Å². The van der Waals surface area contributed by atoms with Crippen LogP contribution in [0.3, 0.4) is 0 Å². The van der Waals surface area contributed by atoms with Crippen LogP contribution < -0.4 is 4.74 Å². The first-order valence-corrected chi connectivity index (χ1v) is 6.80. The van der Waals surface area contributed by atoms with Gasteiger partial charge >= 0.3 is 0 Å².